The fourth-order valence-corrected chi connectivity index (χ4v) is 4.57. The van der Waals surface area contributed by atoms with Gasteiger partial charge in [0.2, 0.25) is 11.8 Å². The van der Waals surface area contributed by atoms with Gasteiger partial charge in [0.05, 0.1) is 12.0 Å². The van der Waals surface area contributed by atoms with Crippen LogP contribution in [-0.4, -0.2) is 40.7 Å². The number of hydrogen-bond acceptors (Lipinski definition) is 5. The summed E-state index contributed by atoms with van der Waals surface area (Å²) in [6.45, 7) is 7.78. The molecule has 1 aliphatic heterocycles. The van der Waals surface area contributed by atoms with Crippen molar-refractivity contribution in [3.05, 3.63) is 41.1 Å². The molecule has 2 aliphatic rings. The Hall–Kier alpha value is -2.37. The monoisotopic (exact) mass is 355 g/mol. The highest BCUT2D eigenvalue weighted by Crippen LogP contribution is 2.50. The summed E-state index contributed by atoms with van der Waals surface area (Å²) in [5.41, 5.74) is 1.53. The molecule has 1 saturated carbocycles. The van der Waals surface area contributed by atoms with E-state index in [4.69, 9.17) is 9.15 Å². The fraction of sp³-hybridized carbons (Fsp3) is 0.550. The largest absolute Gasteiger partial charge is 0.494 e. The second kappa shape index (κ2) is 6.41. The fourth-order valence-electron chi connectivity index (χ4n) is 4.57. The number of ether oxygens (including phenoxy) is 1. The molecular weight excluding hydrogens is 330 g/mol. The zero-order valence-electron chi connectivity index (χ0n) is 15.6. The highest BCUT2D eigenvalue weighted by molar-refractivity contribution is 5.95. The standard InChI is InChI=1S/C20H25N3O3/c1-4-25-17-8-7-15(10-13(17)2)18(24)23-11-16-6-5-9-20(16,12-23)19-22-21-14(3)26-19/h7-8,10,16H,4-6,9,11-12H2,1-3H3/t16-,20-/m0/s1. The maximum Gasteiger partial charge on any atom is 0.253 e. The summed E-state index contributed by atoms with van der Waals surface area (Å²) in [7, 11) is 0. The quantitative estimate of drug-likeness (QED) is 0.842. The first-order valence-electron chi connectivity index (χ1n) is 9.37. The molecule has 1 amide bonds. The molecule has 0 bridgehead atoms. The number of carbonyl (C=O) groups excluding carboxylic acids is 1. The zero-order chi connectivity index (χ0) is 18.3. The van der Waals surface area contributed by atoms with Crippen LogP contribution in [0, 0.1) is 19.8 Å². The third kappa shape index (κ3) is 2.68. The smallest absolute Gasteiger partial charge is 0.253 e. The van der Waals surface area contributed by atoms with E-state index in [1.807, 2.05) is 43.9 Å². The van der Waals surface area contributed by atoms with Gasteiger partial charge in [-0.1, -0.05) is 6.42 Å². The second-order valence-corrected chi connectivity index (χ2v) is 7.47. The van der Waals surface area contributed by atoms with Crippen molar-refractivity contribution in [2.24, 2.45) is 5.92 Å². The lowest BCUT2D eigenvalue weighted by Gasteiger charge is -2.24. The van der Waals surface area contributed by atoms with Gasteiger partial charge in [0.25, 0.3) is 5.91 Å². The number of amides is 1. The topological polar surface area (TPSA) is 68.5 Å². The summed E-state index contributed by atoms with van der Waals surface area (Å²) < 4.78 is 11.4. The van der Waals surface area contributed by atoms with Crippen LogP contribution in [0.5, 0.6) is 5.75 Å². The summed E-state index contributed by atoms with van der Waals surface area (Å²) in [6.07, 6.45) is 3.26. The predicted molar refractivity (Wildman–Crippen MR) is 96.3 cm³/mol. The first kappa shape index (κ1) is 17.1. The number of benzene rings is 1. The summed E-state index contributed by atoms with van der Waals surface area (Å²) >= 11 is 0. The van der Waals surface area contributed by atoms with Gasteiger partial charge in [-0.2, -0.15) is 0 Å². The van der Waals surface area contributed by atoms with Gasteiger partial charge >= 0.3 is 0 Å². The molecule has 2 fully saturated rings. The Morgan fingerprint density at radius 1 is 1.38 bits per heavy atom. The molecule has 0 radical (unpaired) electrons. The van der Waals surface area contributed by atoms with Crippen LogP contribution in [0.15, 0.2) is 22.6 Å². The van der Waals surface area contributed by atoms with Crippen LogP contribution in [0.4, 0.5) is 0 Å². The number of rotatable bonds is 4. The molecule has 26 heavy (non-hydrogen) atoms. The number of hydrogen-bond donors (Lipinski definition) is 0. The molecule has 1 aromatic carbocycles. The van der Waals surface area contributed by atoms with E-state index in [1.54, 1.807) is 0 Å². The van der Waals surface area contributed by atoms with Crippen LogP contribution in [0.25, 0.3) is 0 Å². The van der Waals surface area contributed by atoms with Gasteiger partial charge in [0.15, 0.2) is 0 Å². The van der Waals surface area contributed by atoms with Gasteiger partial charge in [-0.25, -0.2) is 0 Å². The molecule has 0 unspecified atom stereocenters. The average Bonchev–Trinajstić information content (AvgIpc) is 3.30. The molecular formula is C20H25N3O3. The molecule has 6 heteroatoms. The number of aromatic nitrogens is 2. The highest BCUT2D eigenvalue weighted by Gasteiger charge is 2.55. The van der Waals surface area contributed by atoms with Gasteiger partial charge in [0, 0.05) is 25.6 Å². The van der Waals surface area contributed by atoms with Crippen molar-refractivity contribution in [2.75, 3.05) is 19.7 Å². The van der Waals surface area contributed by atoms with Gasteiger partial charge in [0.1, 0.15) is 5.75 Å². The number of aryl methyl sites for hydroxylation is 2. The SMILES string of the molecule is CCOc1ccc(C(=O)N2C[C@@H]3CCC[C@]3(c3nnc(C)o3)C2)cc1C. The van der Waals surface area contributed by atoms with Crippen molar-refractivity contribution >= 4 is 5.91 Å². The number of likely N-dealkylation sites (tertiary alicyclic amines) is 1. The van der Waals surface area contributed by atoms with Crippen molar-refractivity contribution in [2.45, 2.75) is 45.4 Å². The molecule has 1 aliphatic carbocycles. The zero-order valence-corrected chi connectivity index (χ0v) is 15.6. The number of nitrogens with zero attached hydrogens (tertiary/aromatic N) is 3. The Morgan fingerprint density at radius 2 is 2.23 bits per heavy atom. The van der Waals surface area contributed by atoms with Crippen LogP contribution in [0.1, 0.15) is 53.9 Å². The lowest BCUT2D eigenvalue weighted by Crippen LogP contribution is -2.35. The summed E-state index contributed by atoms with van der Waals surface area (Å²) in [5, 5.41) is 8.32. The average molecular weight is 355 g/mol. The van der Waals surface area contributed by atoms with E-state index < -0.39 is 0 Å². The van der Waals surface area contributed by atoms with Crippen molar-refractivity contribution in [1.29, 1.82) is 0 Å². The Kier molecular flexibility index (Phi) is 4.21. The van der Waals surface area contributed by atoms with Crippen LogP contribution in [0.2, 0.25) is 0 Å². The lowest BCUT2D eigenvalue weighted by molar-refractivity contribution is 0.0775. The molecule has 0 N–H and O–H groups in total. The third-order valence-corrected chi connectivity index (χ3v) is 5.83. The summed E-state index contributed by atoms with van der Waals surface area (Å²) in [4.78, 5) is 15.1. The minimum atomic E-state index is -0.169. The van der Waals surface area contributed by atoms with Crippen LogP contribution < -0.4 is 4.74 Å². The van der Waals surface area contributed by atoms with Crippen molar-refractivity contribution in [1.82, 2.24) is 15.1 Å². The normalized spacial score (nSPS) is 24.7. The number of fused-ring (bicyclic) bond motifs is 1. The molecule has 138 valence electrons. The third-order valence-electron chi connectivity index (χ3n) is 5.83. The van der Waals surface area contributed by atoms with Crippen molar-refractivity contribution in [3.8, 4) is 5.75 Å². The van der Waals surface area contributed by atoms with Crippen molar-refractivity contribution in [3.63, 3.8) is 0 Å². The molecule has 2 heterocycles. The van der Waals surface area contributed by atoms with Gasteiger partial charge < -0.3 is 14.1 Å². The van der Waals surface area contributed by atoms with Gasteiger partial charge in [-0.05, 0) is 56.4 Å². The Bertz CT molecular complexity index is 831. The predicted octanol–water partition coefficient (Wildman–Crippen LogP) is 3.28. The van der Waals surface area contributed by atoms with E-state index in [0.29, 0.717) is 36.4 Å². The van der Waals surface area contributed by atoms with E-state index in [-0.39, 0.29) is 11.3 Å². The number of carbonyl (C=O) groups is 1. The molecule has 4 rings (SSSR count). The van der Waals surface area contributed by atoms with Gasteiger partial charge in [-0.15, -0.1) is 10.2 Å². The van der Waals surface area contributed by atoms with E-state index in [2.05, 4.69) is 10.2 Å². The maximum absolute atomic E-state index is 13.1. The van der Waals surface area contributed by atoms with E-state index in [9.17, 15) is 4.79 Å². The van der Waals surface area contributed by atoms with E-state index in [1.165, 1.54) is 0 Å². The first-order valence-corrected chi connectivity index (χ1v) is 9.37. The van der Waals surface area contributed by atoms with Crippen LogP contribution in [0.3, 0.4) is 0 Å². The van der Waals surface area contributed by atoms with Crippen LogP contribution >= 0.6 is 0 Å². The molecule has 1 saturated heterocycles. The molecule has 6 nitrogen and oxygen atoms in total. The summed E-state index contributed by atoms with van der Waals surface area (Å²) in [6, 6.07) is 5.67. The van der Waals surface area contributed by atoms with Crippen molar-refractivity contribution < 1.29 is 13.9 Å². The molecule has 1 aromatic heterocycles. The van der Waals surface area contributed by atoms with E-state index in [0.717, 1.165) is 37.1 Å². The molecule has 2 atom stereocenters. The Labute approximate surface area is 153 Å². The minimum Gasteiger partial charge on any atom is -0.494 e. The van der Waals surface area contributed by atoms with Gasteiger partial charge in [-0.3, -0.25) is 4.79 Å². The minimum absolute atomic E-state index is 0.0705. The highest BCUT2D eigenvalue weighted by atomic mass is 16.5. The van der Waals surface area contributed by atoms with E-state index >= 15 is 0 Å². The molecule has 0 spiro atoms. The lowest BCUT2D eigenvalue weighted by atomic mass is 9.80. The maximum atomic E-state index is 13.1. The molecule has 2 aromatic rings. The van der Waals surface area contributed by atoms with Crippen LogP contribution in [-0.2, 0) is 5.41 Å². The summed E-state index contributed by atoms with van der Waals surface area (Å²) in [5.74, 6) is 2.60. The Balaban J connectivity index is 1.58. The second-order valence-electron chi connectivity index (χ2n) is 7.47. The first-order chi connectivity index (χ1) is 12.5. The Morgan fingerprint density at radius 3 is 2.92 bits per heavy atom.